The Hall–Kier alpha value is -3.80. The van der Waals surface area contributed by atoms with Crippen LogP contribution in [-0.4, -0.2) is 25.8 Å². The molecule has 8 nitrogen and oxygen atoms in total. The summed E-state index contributed by atoms with van der Waals surface area (Å²) in [6.45, 7) is 2.59. The minimum absolute atomic E-state index is 0.0237. The summed E-state index contributed by atoms with van der Waals surface area (Å²) in [6, 6.07) is 7.55. The number of aromatic nitrogens is 2. The van der Waals surface area contributed by atoms with E-state index in [-0.39, 0.29) is 37.5 Å². The fourth-order valence-electron chi connectivity index (χ4n) is 2.94. The molecule has 0 unspecified atom stereocenters. The molecular weight excluding hydrogens is 500 g/mol. The van der Waals surface area contributed by atoms with Gasteiger partial charge in [0.15, 0.2) is 17.1 Å². The molecule has 0 aliphatic carbocycles. The number of alkyl halides is 3. The van der Waals surface area contributed by atoms with Crippen molar-refractivity contribution in [3.63, 3.8) is 0 Å². The van der Waals surface area contributed by atoms with Gasteiger partial charge < -0.3 is 14.6 Å². The van der Waals surface area contributed by atoms with Crippen LogP contribution in [0.15, 0.2) is 52.1 Å². The number of carbonyl (C=O) groups is 1. The van der Waals surface area contributed by atoms with E-state index in [9.17, 15) is 37.1 Å². The summed E-state index contributed by atoms with van der Waals surface area (Å²) in [7, 11) is 0.782. The SMILES string of the molecule is Cn1c(C(F)(F)F)cc(=O)n(-c2cc(Oc3ccccc3OC(C)(C)C(=O)O)c(Cl)cc2F)c1=O. The second kappa shape index (κ2) is 9.10. The van der Waals surface area contributed by atoms with Crippen molar-refractivity contribution in [2.75, 3.05) is 0 Å². The van der Waals surface area contributed by atoms with E-state index in [4.69, 9.17) is 21.1 Å². The van der Waals surface area contributed by atoms with Gasteiger partial charge in [0.05, 0.1) is 10.7 Å². The van der Waals surface area contributed by atoms with E-state index in [1.807, 2.05) is 0 Å². The molecule has 3 rings (SSSR count). The number of benzene rings is 2. The van der Waals surface area contributed by atoms with Gasteiger partial charge in [-0.1, -0.05) is 23.7 Å². The van der Waals surface area contributed by atoms with Crippen molar-refractivity contribution < 1.29 is 36.9 Å². The predicted octanol–water partition coefficient (Wildman–Crippen LogP) is 4.38. The summed E-state index contributed by atoms with van der Waals surface area (Å²) in [6.07, 6.45) is -4.99. The van der Waals surface area contributed by atoms with Gasteiger partial charge in [-0.2, -0.15) is 13.2 Å². The number of ether oxygens (including phenoxy) is 2. The van der Waals surface area contributed by atoms with E-state index >= 15 is 0 Å². The van der Waals surface area contributed by atoms with Crippen LogP contribution >= 0.6 is 11.6 Å². The normalized spacial score (nSPS) is 11.9. The van der Waals surface area contributed by atoms with Gasteiger partial charge in [-0.3, -0.25) is 9.36 Å². The lowest BCUT2D eigenvalue weighted by atomic mass is 10.1. The first-order valence-corrected chi connectivity index (χ1v) is 10.1. The standard InChI is InChI=1S/C22H17ClF4N2O6/c1-21(2,19(31)32)35-15-7-5-4-6-14(15)34-16-9-13(12(24)8-11(16)23)29-18(30)10-17(22(25,26)27)28(3)20(29)33/h4-10H,1-3H3,(H,31,32). The molecule has 0 aliphatic heterocycles. The third-order valence-corrected chi connectivity index (χ3v) is 5.10. The molecule has 2 aromatic carbocycles. The van der Waals surface area contributed by atoms with E-state index in [2.05, 4.69) is 0 Å². The van der Waals surface area contributed by atoms with Gasteiger partial charge in [0.1, 0.15) is 17.3 Å². The third-order valence-electron chi connectivity index (χ3n) is 4.80. The molecule has 1 N–H and O–H groups in total. The summed E-state index contributed by atoms with van der Waals surface area (Å²) in [4.78, 5) is 36.3. The molecule has 0 amide bonds. The van der Waals surface area contributed by atoms with E-state index in [0.717, 1.165) is 13.1 Å². The number of hydrogen-bond donors (Lipinski definition) is 1. The van der Waals surface area contributed by atoms with Crippen LogP contribution in [0.4, 0.5) is 17.6 Å². The summed E-state index contributed by atoms with van der Waals surface area (Å²) >= 11 is 6.05. The molecule has 13 heteroatoms. The molecule has 35 heavy (non-hydrogen) atoms. The monoisotopic (exact) mass is 516 g/mol. The van der Waals surface area contributed by atoms with Crippen molar-refractivity contribution in [2.45, 2.75) is 25.6 Å². The van der Waals surface area contributed by atoms with E-state index in [1.54, 1.807) is 0 Å². The van der Waals surface area contributed by atoms with Crippen LogP contribution in [-0.2, 0) is 18.0 Å². The molecule has 0 atom stereocenters. The first-order chi connectivity index (χ1) is 16.1. The highest BCUT2D eigenvalue weighted by Gasteiger charge is 2.35. The van der Waals surface area contributed by atoms with Crippen molar-refractivity contribution in [3.05, 3.63) is 79.8 Å². The molecule has 3 aromatic rings. The lowest BCUT2D eigenvalue weighted by molar-refractivity contribution is -0.152. The molecule has 186 valence electrons. The number of nitrogens with zero attached hydrogens (tertiary/aromatic N) is 2. The molecule has 0 aliphatic rings. The Balaban J connectivity index is 2.13. The first kappa shape index (κ1) is 25.8. The summed E-state index contributed by atoms with van der Waals surface area (Å²) < 4.78 is 65.6. The van der Waals surface area contributed by atoms with E-state index in [0.29, 0.717) is 6.07 Å². The Morgan fingerprint density at radius 3 is 2.20 bits per heavy atom. The van der Waals surface area contributed by atoms with Gasteiger partial charge in [-0.05, 0) is 32.0 Å². The molecule has 0 saturated heterocycles. The van der Waals surface area contributed by atoms with Crippen LogP contribution < -0.4 is 20.7 Å². The van der Waals surface area contributed by atoms with Gasteiger partial charge >= 0.3 is 17.8 Å². The van der Waals surface area contributed by atoms with Gasteiger partial charge in [0.25, 0.3) is 5.56 Å². The van der Waals surface area contributed by atoms with Crippen molar-refractivity contribution in [2.24, 2.45) is 7.05 Å². The average Bonchev–Trinajstić information content (AvgIpc) is 2.74. The second-order valence-corrected chi connectivity index (χ2v) is 8.15. The minimum atomic E-state index is -4.99. The van der Waals surface area contributed by atoms with Crippen molar-refractivity contribution in [1.29, 1.82) is 0 Å². The highest BCUT2D eigenvalue weighted by Crippen LogP contribution is 2.38. The zero-order chi connectivity index (χ0) is 26.3. The quantitative estimate of drug-likeness (QED) is 0.488. The third kappa shape index (κ3) is 5.16. The number of aliphatic carboxylic acids is 1. The molecule has 0 bridgehead atoms. The van der Waals surface area contributed by atoms with Crippen molar-refractivity contribution in [1.82, 2.24) is 9.13 Å². The van der Waals surface area contributed by atoms with E-state index < -0.39 is 46.2 Å². The molecule has 1 aromatic heterocycles. The summed E-state index contributed by atoms with van der Waals surface area (Å²) in [5.41, 5.74) is -6.77. The van der Waals surface area contributed by atoms with Crippen molar-refractivity contribution >= 4 is 17.6 Å². The van der Waals surface area contributed by atoms with Crippen molar-refractivity contribution in [3.8, 4) is 22.9 Å². The van der Waals surface area contributed by atoms with Crippen LogP contribution in [0.3, 0.4) is 0 Å². The lowest BCUT2D eigenvalue weighted by Crippen LogP contribution is -2.41. The fraction of sp³-hybridized carbons (Fsp3) is 0.227. The van der Waals surface area contributed by atoms with Crippen LogP contribution in [0.1, 0.15) is 19.5 Å². The second-order valence-electron chi connectivity index (χ2n) is 7.74. The molecular formula is C22H17ClF4N2O6. The Morgan fingerprint density at radius 1 is 1.03 bits per heavy atom. The van der Waals surface area contributed by atoms with Gasteiger partial charge in [-0.25, -0.2) is 18.5 Å². The zero-order valence-electron chi connectivity index (χ0n) is 18.3. The first-order valence-electron chi connectivity index (χ1n) is 9.72. The maximum absolute atomic E-state index is 14.7. The largest absolute Gasteiger partial charge is 0.478 e. The van der Waals surface area contributed by atoms with Crippen LogP contribution in [0, 0.1) is 5.82 Å². The lowest BCUT2D eigenvalue weighted by Gasteiger charge is -2.23. The Kier molecular flexibility index (Phi) is 6.71. The number of carboxylic acid groups (broad SMARTS) is 1. The molecule has 0 radical (unpaired) electrons. The Bertz CT molecular complexity index is 1430. The van der Waals surface area contributed by atoms with Gasteiger partial charge in [0, 0.05) is 19.2 Å². The number of hydrogen-bond acceptors (Lipinski definition) is 5. The molecule has 0 spiro atoms. The molecule has 0 fully saturated rings. The molecule has 0 saturated carbocycles. The zero-order valence-corrected chi connectivity index (χ0v) is 19.1. The maximum atomic E-state index is 14.7. The number of rotatable bonds is 6. The highest BCUT2D eigenvalue weighted by atomic mass is 35.5. The maximum Gasteiger partial charge on any atom is 0.431 e. The molecule has 1 heterocycles. The summed E-state index contributed by atoms with van der Waals surface area (Å²) in [5.74, 6) is -2.82. The van der Waals surface area contributed by atoms with Crippen LogP contribution in [0.25, 0.3) is 5.69 Å². The van der Waals surface area contributed by atoms with E-state index in [1.165, 1.54) is 38.1 Å². The Labute approximate surface area is 199 Å². The fourth-order valence-corrected chi connectivity index (χ4v) is 3.13. The van der Waals surface area contributed by atoms with Crippen LogP contribution in [0.2, 0.25) is 5.02 Å². The topological polar surface area (TPSA) is 99.8 Å². The highest BCUT2D eigenvalue weighted by molar-refractivity contribution is 6.32. The number of carboxylic acids is 1. The predicted molar refractivity (Wildman–Crippen MR) is 116 cm³/mol. The average molecular weight is 517 g/mol. The van der Waals surface area contributed by atoms with Gasteiger partial charge in [0.2, 0.25) is 0 Å². The van der Waals surface area contributed by atoms with Crippen LogP contribution in [0.5, 0.6) is 17.2 Å². The minimum Gasteiger partial charge on any atom is -0.478 e. The Morgan fingerprint density at radius 2 is 1.63 bits per heavy atom. The van der Waals surface area contributed by atoms with Gasteiger partial charge in [-0.15, -0.1) is 0 Å². The number of halogens is 5. The number of para-hydroxylation sites is 2. The summed E-state index contributed by atoms with van der Waals surface area (Å²) in [5, 5.41) is 8.99. The smallest absolute Gasteiger partial charge is 0.431 e.